The maximum atomic E-state index is 11.6. The number of hydrogen-bond acceptors (Lipinski definition) is 19. The maximum Gasteiger partial charge on any atom is 0.408 e. The van der Waals surface area contributed by atoms with Crippen molar-refractivity contribution in [3.63, 3.8) is 0 Å². The summed E-state index contributed by atoms with van der Waals surface area (Å²) in [6.45, 7) is 0.605. The molecule has 0 unspecified atom stereocenters. The quantitative estimate of drug-likeness (QED) is 0.0235. The lowest BCUT2D eigenvalue weighted by Gasteiger charge is -2.06. The highest BCUT2D eigenvalue weighted by Gasteiger charge is 2.02. The minimum atomic E-state index is -0.508. The number of nitrogens with one attached hydrogen (secondary N) is 2. The monoisotopic (exact) mass is 690 g/mol. The van der Waals surface area contributed by atoms with E-state index in [0.717, 1.165) is 0 Å². The molecule has 0 aliphatic rings. The lowest BCUT2D eigenvalue weighted by Crippen LogP contribution is -2.24. The van der Waals surface area contributed by atoms with Gasteiger partial charge in [0.15, 0.2) is 0 Å². The van der Waals surface area contributed by atoms with Crippen LogP contribution in [0.15, 0.2) is 9.98 Å². The fourth-order valence-electron chi connectivity index (χ4n) is 1.56. The molecule has 0 aromatic rings. The lowest BCUT2D eigenvalue weighted by molar-refractivity contribution is -0.210. The third-order valence-corrected chi connectivity index (χ3v) is 8.88. The summed E-state index contributed by atoms with van der Waals surface area (Å²) in [5.41, 5.74) is 0. The summed E-state index contributed by atoms with van der Waals surface area (Å²) < 4.78 is 9.98. The average molecular weight is 691 g/mol. The van der Waals surface area contributed by atoms with Crippen LogP contribution in [0.5, 0.6) is 0 Å². The first-order valence-electron chi connectivity index (χ1n) is 10.8. The molecule has 0 saturated carbocycles. The van der Waals surface area contributed by atoms with Crippen molar-refractivity contribution in [2.24, 2.45) is 9.98 Å². The Balaban J connectivity index is 3.31. The number of nitrogens with zero attached hydrogens (tertiary/aromatic N) is 2. The molecule has 0 rings (SSSR count). The van der Waals surface area contributed by atoms with Crippen molar-refractivity contribution in [2.45, 2.75) is 0 Å². The van der Waals surface area contributed by atoms with Gasteiger partial charge >= 0.3 is 12.2 Å². The summed E-state index contributed by atoms with van der Waals surface area (Å²) in [4.78, 5) is 50.2. The molecule has 0 heterocycles. The van der Waals surface area contributed by atoms with Gasteiger partial charge in [-0.1, -0.05) is 0 Å². The number of rotatable bonds is 28. The van der Waals surface area contributed by atoms with Gasteiger partial charge < -0.3 is 40.1 Å². The first-order chi connectivity index (χ1) is 19.2. The molecule has 0 aromatic carbocycles. The van der Waals surface area contributed by atoms with Crippen LogP contribution >= 0.6 is 82.3 Å². The van der Waals surface area contributed by atoms with Crippen LogP contribution in [0.4, 0.5) is 9.59 Å². The summed E-state index contributed by atoms with van der Waals surface area (Å²) in [7, 11) is 0. The minimum Gasteiger partial charge on any atom is -0.449 e. The molecule has 0 aliphatic carbocycles. The standard InChI is InChI=1S/C18H34N4O10S7/c23-11-36-15-38-13-28-18(26)22-10-35-7-19-5-30-29-2-4-33-3-1-27-17(25)21-9-34-8-20-6-31-32-14-39-16-37-12-24/h5-6,23-24H,1-4,7-16H2,(H,21,25)(H,22,26). The molecule has 2 amide bonds. The van der Waals surface area contributed by atoms with Crippen molar-refractivity contribution >= 4 is 107 Å². The topological polar surface area (TPSA) is 179 Å². The number of aliphatic imine (C=N–C) groups is 2. The van der Waals surface area contributed by atoms with Gasteiger partial charge in [0.25, 0.3) is 0 Å². The van der Waals surface area contributed by atoms with E-state index in [9.17, 15) is 9.59 Å². The normalized spacial score (nSPS) is 11.1. The Hall–Kier alpha value is -0.230. The van der Waals surface area contributed by atoms with Crippen LogP contribution in [0.2, 0.25) is 0 Å². The maximum absolute atomic E-state index is 11.6. The number of carbonyl (C=O) groups is 2. The van der Waals surface area contributed by atoms with Gasteiger partial charge in [-0.15, -0.1) is 70.6 Å². The molecule has 21 heteroatoms. The first kappa shape index (κ1) is 38.8. The summed E-state index contributed by atoms with van der Waals surface area (Å²) in [6, 6.07) is 0. The third kappa shape index (κ3) is 33.9. The van der Waals surface area contributed by atoms with Gasteiger partial charge in [0.05, 0.1) is 35.4 Å². The Morgan fingerprint density at radius 3 is 1.87 bits per heavy atom. The lowest BCUT2D eigenvalue weighted by atomic mass is 10.8. The van der Waals surface area contributed by atoms with Crippen LogP contribution in [0.3, 0.4) is 0 Å². The Labute approximate surface area is 257 Å². The van der Waals surface area contributed by atoms with E-state index < -0.39 is 12.2 Å². The van der Waals surface area contributed by atoms with Gasteiger partial charge in [0, 0.05) is 21.7 Å². The number of amides is 2. The molecule has 0 atom stereocenters. The molecule has 0 aromatic heterocycles. The number of aliphatic hydroxyl groups excluding tert-OH is 2. The zero-order valence-corrected chi connectivity index (χ0v) is 26.7. The van der Waals surface area contributed by atoms with Crippen molar-refractivity contribution in [3.05, 3.63) is 0 Å². The number of ether oxygens (including phenoxy) is 2. The Morgan fingerprint density at radius 1 is 0.667 bits per heavy atom. The highest BCUT2D eigenvalue weighted by atomic mass is 32.2. The molecule has 0 aliphatic heterocycles. The highest BCUT2D eigenvalue weighted by Crippen LogP contribution is 2.11. The van der Waals surface area contributed by atoms with Crippen LogP contribution in [0.25, 0.3) is 0 Å². The number of alkyl carbamates (subject to hydrolysis) is 2. The number of aliphatic hydroxyl groups is 2. The van der Waals surface area contributed by atoms with Crippen molar-refractivity contribution < 1.29 is 48.8 Å². The Bertz CT molecular complexity index is 633. The van der Waals surface area contributed by atoms with Gasteiger partial charge in [-0.2, -0.15) is 21.5 Å². The van der Waals surface area contributed by atoms with E-state index in [2.05, 4.69) is 20.6 Å². The zero-order valence-electron chi connectivity index (χ0n) is 21.0. The largest absolute Gasteiger partial charge is 0.449 e. The first-order valence-corrected chi connectivity index (χ1v) is 18.9. The molecular formula is C18H34N4O10S7. The molecule has 0 spiro atoms. The second-order valence-corrected chi connectivity index (χ2v) is 13.4. The summed E-state index contributed by atoms with van der Waals surface area (Å²) >= 11 is 9.84. The van der Waals surface area contributed by atoms with E-state index in [1.54, 1.807) is 11.8 Å². The number of thioether (sulfide) groups is 7. The van der Waals surface area contributed by atoms with E-state index in [0.29, 0.717) is 57.7 Å². The van der Waals surface area contributed by atoms with Crippen LogP contribution in [0, 0.1) is 0 Å². The fourth-order valence-corrected chi connectivity index (χ4v) is 5.50. The summed E-state index contributed by atoms with van der Waals surface area (Å²) in [5, 5.41) is 23.8. The second kappa shape index (κ2) is 34.0. The van der Waals surface area contributed by atoms with Gasteiger partial charge in [0.1, 0.15) is 25.1 Å². The Kier molecular flexibility index (Phi) is 33.8. The molecule has 0 radical (unpaired) electrons. The van der Waals surface area contributed by atoms with Gasteiger partial charge in [-0.05, 0) is 0 Å². The van der Waals surface area contributed by atoms with Crippen molar-refractivity contribution in [1.29, 1.82) is 0 Å². The minimum absolute atomic E-state index is 0.0444. The SMILES string of the molecule is O=C(NCSCN=COOCSCSCO)OCCSCCOOC=NCSCNC(=O)OCSCSCO. The van der Waals surface area contributed by atoms with Crippen molar-refractivity contribution in [3.8, 4) is 0 Å². The number of carbonyl (C=O) groups excluding carboxylic acids is 2. The van der Waals surface area contributed by atoms with E-state index in [-0.39, 0.29) is 24.4 Å². The second-order valence-electron chi connectivity index (χ2n) is 5.74. The molecule has 0 fully saturated rings. The smallest absolute Gasteiger partial charge is 0.408 e. The summed E-state index contributed by atoms with van der Waals surface area (Å²) in [5.74, 6) is 3.40. The molecule has 4 N–H and O–H groups in total. The fraction of sp³-hybridized carbons (Fsp3) is 0.778. The number of hydrogen-bond donors (Lipinski definition) is 4. The molecule has 0 saturated heterocycles. The average Bonchev–Trinajstić information content (AvgIpc) is 2.93. The van der Waals surface area contributed by atoms with Crippen LogP contribution in [-0.4, -0.2) is 117 Å². The van der Waals surface area contributed by atoms with Gasteiger partial charge in [0.2, 0.25) is 12.8 Å². The van der Waals surface area contributed by atoms with E-state index in [4.69, 9.17) is 39.2 Å². The molecular weight excluding hydrogens is 657 g/mol. The van der Waals surface area contributed by atoms with E-state index in [1.807, 2.05) is 0 Å². The zero-order chi connectivity index (χ0) is 28.5. The summed E-state index contributed by atoms with van der Waals surface area (Å²) in [6.07, 6.45) is 1.36. The van der Waals surface area contributed by atoms with E-state index in [1.165, 1.54) is 83.4 Å². The third-order valence-electron chi connectivity index (χ3n) is 3.03. The van der Waals surface area contributed by atoms with Crippen molar-refractivity contribution in [1.82, 2.24) is 10.6 Å². The molecule has 39 heavy (non-hydrogen) atoms. The predicted molar refractivity (Wildman–Crippen MR) is 166 cm³/mol. The van der Waals surface area contributed by atoms with E-state index >= 15 is 0 Å². The highest BCUT2D eigenvalue weighted by molar-refractivity contribution is 8.16. The van der Waals surface area contributed by atoms with Gasteiger partial charge in [-0.25, -0.2) is 19.6 Å². The van der Waals surface area contributed by atoms with Crippen LogP contribution < -0.4 is 10.6 Å². The van der Waals surface area contributed by atoms with Crippen LogP contribution in [0.1, 0.15) is 0 Å². The van der Waals surface area contributed by atoms with Crippen molar-refractivity contribution in [2.75, 3.05) is 82.2 Å². The predicted octanol–water partition coefficient (Wildman–Crippen LogP) is 3.08. The molecule has 228 valence electrons. The van der Waals surface area contributed by atoms with Crippen LogP contribution in [-0.2, 0) is 29.0 Å². The molecule has 14 nitrogen and oxygen atoms in total. The Morgan fingerprint density at radius 2 is 1.23 bits per heavy atom. The molecule has 0 bridgehead atoms. The van der Waals surface area contributed by atoms with Gasteiger partial charge in [-0.3, -0.25) is 0 Å².